The first-order valence-electron chi connectivity index (χ1n) is 8.60. The Kier molecular flexibility index (Phi) is 6.03. The molecule has 0 aliphatic carbocycles. The molecule has 0 saturated carbocycles. The Hall–Kier alpha value is -2.68. The van der Waals surface area contributed by atoms with Crippen LogP contribution in [0.3, 0.4) is 0 Å². The molecule has 30 heavy (non-hydrogen) atoms. The molecule has 1 unspecified atom stereocenters. The maximum Gasteiger partial charge on any atom is 0.432 e. The molecule has 2 aromatic heterocycles. The van der Waals surface area contributed by atoms with Crippen LogP contribution in [0, 0.1) is 0 Å². The third-order valence-corrected chi connectivity index (χ3v) is 5.52. The molecule has 1 saturated heterocycles. The minimum absolute atomic E-state index is 0.00437. The van der Waals surface area contributed by atoms with Gasteiger partial charge in [0.2, 0.25) is 5.91 Å². The van der Waals surface area contributed by atoms with E-state index in [0.717, 1.165) is 0 Å². The Labute approximate surface area is 168 Å². The molecule has 4 atom stereocenters. The summed E-state index contributed by atoms with van der Waals surface area (Å²) in [5.41, 5.74) is 11.8. The first-order chi connectivity index (χ1) is 14.0. The lowest BCUT2D eigenvalue weighted by atomic mass is 10.1. The van der Waals surface area contributed by atoms with E-state index >= 15 is 0 Å². The Bertz CT molecular complexity index is 1010. The number of aliphatic hydroxyl groups excluding tert-OH is 1. The number of nitrogens with zero attached hydrogens (tertiary/aromatic N) is 5. The van der Waals surface area contributed by atoms with Gasteiger partial charge in [-0.25, -0.2) is 24.2 Å². The number of hydrogen-bond acceptors (Lipinski definition) is 10. The van der Waals surface area contributed by atoms with Gasteiger partial charge in [-0.3, -0.25) is 14.2 Å². The van der Waals surface area contributed by atoms with Gasteiger partial charge in [-0.2, -0.15) is 0 Å². The number of ether oxygens (including phenoxy) is 1. The number of nitrogens with two attached hydrogens (primary N) is 2. The van der Waals surface area contributed by atoms with Crippen LogP contribution in [0.5, 0.6) is 0 Å². The zero-order chi connectivity index (χ0) is 22.2. The van der Waals surface area contributed by atoms with Gasteiger partial charge in [-0.15, -0.1) is 0 Å². The number of anilines is 1. The summed E-state index contributed by atoms with van der Waals surface area (Å²) in [4.78, 5) is 54.1. The monoisotopic (exact) mass is 445 g/mol. The Morgan fingerprint density at radius 1 is 1.37 bits per heavy atom. The summed E-state index contributed by atoms with van der Waals surface area (Å²) in [6.45, 7) is -0.710. The summed E-state index contributed by atoms with van der Waals surface area (Å²) >= 11 is 0. The van der Waals surface area contributed by atoms with Crippen LogP contribution < -0.4 is 11.5 Å². The Morgan fingerprint density at radius 3 is 2.70 bits per heavy atom. The number of fused-ring (bicyclic) bond motifs is 1. The van der Waals surface area contributed by atoms with Gasteiger partial charge in [-0.05, 0) is 0 Å². The van der Waals surface area contributed by atoms with Crippen LogP contribution in [0.4, 0.5) is 5.82 Å². The molecule has 8 N–H and O–H groups in total. The van der Waals surface area contributed by atoms with Gasteiger partial charge >= 0.3 is 13.7 Å². The highest BCUT2D eigenvalue weighted by molar-refractivity contribution is 7.49. The third kappa shape index (κ3) is 4.40. The van der Waals surface area contributed by atoms with Crippen LogP contribution in [0.25, 0.3) is 11.2 Å². The summed E-state index contributed by atoms with van der Waals surface area (Å²) in [5, 5.41) is 19.1. The van der Waals surface area contributed by atoms with Gasteiger partial charge in [0.05, 0.1) is 31.4 Å². The van der Waals surface area contributed by atoms with Crippen LogP contribution in [0.15, 0.2) is 12.7 Å². The largest absolute Gasteiger partial charge is 0.481 e. The van der Waals surface area contributed by atoms with Crippen LogP contribution in [-0.2, 0) is 18.9 Å². The lowest BCUT2D eigenvalue weighted by Gasteiger charge is -2.28. The molecule has 15 nitrogen and oxygen atoms in total. The molecule has 16 heteroatoms. The van der Waals surface area contributed by atoms with E-state index in [2.05, 4.69) is 15.0 Å². The number of imidazole rings is 1. The summed E-state index contributed by atoms with van der Waals surface area (Å²) in [7, 11) is -5.17. The van der Waals surface area contributed by atoms with Gasteiger partial charge in [0, 0.05) is 6.42 Å². The quantitative estimate of drug-likeness (QED) is 0.248. The highest BCUT2D eigenvalue weighted by Crippen LogP contribution is 2.42. The van der Waals surface area contributed by atoms with Crippen LogP contribution >= 0.6 is 7.75 Å². The normalized spacial score (nSPS) is 22.9. The minimum Gasteiger partial charge on any atom is -0.481 e. The third-order valence-electron chi connectivity index (χ3n) is 4.53. The van der Waals surface area contributed by atoms with Crippen molar-refractivity contribution < 1.29 is 38.9 Å². The smallest absolute Gasteiger partial charge is 0.432 e. The van der Waals surface area contributed by atoms with Crippen LogP contribution in [-0.4, -0.2) is 80.9 Å². The Morgan fingerprint density at radius 2 is 2.07 bits per heavy atom. The van der Waals surface area contributed by atoms with E-state index in [1.165, 1.54) is 17.2 Å². The van der Waals surface area contributed by atoms with Crippen LogP contribution in [0.2, 0.25) is 0 Å². The zero-order valence-electron chi connectivity index (χ0n) is 15.3. The van der Waals surface area contributed by atoms with Crippen molar-refractivity contribution in [2.75, 3.05) is 12.3 Å². The average Bonchev–Trinajstić information content (AvgIpc) is 3.22. The molecule has 1 fully saturated rings. The standard InChI is InChI=1S/C14H20N7O8P/c15-6(1-10(23)24)14(25)21(30(26,27)28)3-8-7(22)2-9(29-8)20-5-19-11-12(16)17-4-18-13(11)20/h4-9,22H,1-3,15H2,(H,23,24)(H2,16,17,18)(H2,26,27,28)/t6-,7?,8+,9+/m0/s1. The molecule has 1 aliphatic rings. The van der Waals surface area contributed by atoms with Gasteiger partial charge in [0.15, 0.2) is 11.5 Å². The van der Waals surface area contributed by atoms with E-state index in [9.17, 15) is 29.0 Å². The van der Waals surface area contributed by atoms with E-state index in [0.29, 0.717) is 11.2 Å². The molecule has 0 spiro atoms. The number of aliphatic carboxylic acids is 1. The predicted molar refractivity (Wildman–Crippen MR) is 98.3 cm³/mol. The lowest BCUT2D eigenvalue weighted by Crippen LogP contribution is -2.47. The minimum atomic E-state index is -5.17. The summed E-state index contributed by atoms with van der Waals surface area (Å²) in [6.07, 6.45) is -1.45. The highest BCUT2D eigenvalue weighted by atomic mass is 31.2. The topological polar surface area (TPSA) is 240 Å². The Balaban J connectivity index is 1.79. The van der Waals surface area contributed by atoms with Crippen molar-refractivity contribution in [3.8, 4) is 0 Å². The number of amides is 1. The average molecular weight is 445 g/mol. The first-order valence-corrected chi connectivity index (χ1v) is 10.2. The number of carboxylic acids is 1. The van der Waals surface area contributed by atoms with E-state index in [4.69, 9.17) is 21.3 Å². The number of nitrogen functional groups attached to an aromatic ring is 1. The van der Waals surface area contributed by atoms with Crippen LogP contribution in [0.1, 0.15) is 19.1 Å². The molecule has 3 heterocycles. The molecule has 164 valence electrons. The maximum atomic E-state index is 12.3. The van der Waals surface area contributed by atoms with E-state index < -0.39 is 57.1 Å². The number of aliphatic hydroxyl groups is 1. The van der Waals surface area contributed by atoms with Gasteiger partial charge < -0.3 is 36.2 Å². The van der Waals surface area contributed by atoms with Crippen molar-refractivity contribution in [2.45, 2.75) is 37.3 Å². The first kappa shape index (κ1) is 22.0. The molecule has 0 aromatic carbocycles. The van der Waals surface area contributed by atoms with Crippen molar-refractivity contribution in [2.24, 2.45) is 5.73 Å². The van der Waals surface area contributed by atoms with Gasteiger partial charge in [-0.1, -0.05) is 0 Å². The van der Waals surface area contributed by atoms with Gasteiger partial charge in [0.25, 0.3) is 0 Å². The fraction of sp³-hybridized carbons (Fsp3) is 0.500. The molecule has 0 radical (unpaired) electrons. The maximum absolute atomic E-state index is 12.3. The second-order valence-corrected chi connectivity index (χ2v) is 8.16. The van der Waals surface area contributed by atoms with Gasteiger partial charge in [0.1, 0.15) is 24.2 Å². The van der Waals surface area contributed by atoms with Crippen molar-refractivity contribution >= 4 is 36.6 Å². The number of carbonyl (C=O) groups is 2. The highest BCUT2D eigenvalue weighted by Gasteiger charge is 2.42. The second-order valence-electron chi connectivity index (χ2n) is 6.65. The molecule has 3 rings (SSSR count). The molecule has 0 bridgehead atoms. The van der Waals surface area contributed by atoms with Crippen molar-refractivity contribution in [1.29, 1.82) is 0 Å². The van der Waals surface area contributed by atoms with Crippen molar-refractivity contribution in [3.05, 3.63) is 12.7 Å². The molecule has 2 aromatic rings. The zero-order valence-corrected chi connectivity index (χ0v) is 16.2. The number of rotatable bonds is 7. The SMILES string of the molecule is Nc1ncnc2c1ncn2[C@H]1CC(O)[C@@H](CN(C(=O)[C@@H](N)CC(=O)O)P(=O)(O)O)O1. The van der Waals surface area contributed by atoms with Crippen molar-refractivity contribution in [3.63, 3.8) is 0 Å². The number of aromatic nitrogens is 4. The predicted octanol–water partition coefficient (Wildman–Crippen LogP) is -2.22. The molecule has 1 amide bonds. The summed E-state index contributed by atoms with van der Waals surface area (Å²) < 4.78 is 19.1. The van der Waals surface area contributed by atoms with E-state index in [1.807, 2.05) is 0 Å². The summed E-state index contributed by atoms with van der Waals surface area (Å²) in [6, 6.07) is -1.68. The molecule has 1 aliphatic heterocycles. The number of carboxylic acid groups (broad SMARTS) is 1. The number of hydrogen-bond donors (Lipinski definition) is 6. The fourth-order valence-electron chi connectivity index (χ4n) is 3.09. The fourth-order valence-corrected chi connectivity index (χ4v) is 3.87. The summed E-state index contributed by atoms with van der Waals surface area (Å²) in [5.74, 6) is -2.55. The van der Waals surface area contributed by atoms with E-state index in [-0.39, 0.29) is 16.9 Å². The van der Waals surface area contributed by atoms with E-state index in [1.54, 1.807) is 0 Å². The lowest BCUT2D eigenvalue weighted by molar-refractivity contribution is -0.141. The molecular weight excluding hydrogens is 425 g/mol. The number of carbonyl (C=O) groups excluding carboxylic acids is 1. The van der Waals surface area contributed by atoms with Crippen molar-refractivity contribution in [1.82, 2.24) is 24.2 Å². The second kappa shape index (κ2) is 8.22. The molecular formula is C14H20N7O8P.